The number of pyridine rings is 1. The van der Waals surface area contributed by atoms with Gasteiger partial charge in [-0.2, -0.15) is 9.97 Å². The second-order valence-corrected chi connectivity index (χ2v) is 13.9. The first-order valence-electron chi connectivity index (χ1n) is 16.5. The van der Waals surface area contributed by atoms with Gasteiger partial charge < -0.3 is 19.7 Å². The molecule has 5 aliphatic heterocycles. The number of nitrogens with zero attached hydrogens (tertiary/aromatic N) is 5. The number of carbonyl (C=O) groups excluding carboxylic acids is 1. The van der Waals surface area contributed by atoms with Crippen molar-refractivity contribution < 1.29 is 33.3 Å². The molecular formula is C35H38F4N6O3. The number of halogens is 4. The van der Waals surface area contributed by atoms with E-state index in [4.69, 9.17) is 9.47 Å². The molecule has 9 nitrogen and oxygen atoms in total. The molecule has 5 aliphatic rings. The van der Waals surface area contributed by atoms with Crippen LogP contribution in [0.15, 0.2) is 36.5 Å². The summed E-state index contributed by atoms with van der Waals surface area (Å²) in [6.45, 7) is 3.08. The average molecular weight is 667 g/mol. The fraction of sp³-hybridized carbons (Fsp3) is 0.486. The minimum Gasteiger partial charge on any atom is -0.461 e. The van der Waals surface area contributed by atoms with Gasteiger partial charge in [0.15, 0.2) is 5.82 Å². The van der Waals surface area contributed by atoms with Crippen molar-refractivity contribution in [3.8, 4) is 17.3 Å². The molecular weight excluding hydrogens is 628 g/mol. The Hall–Kier alpha value is -4.26. The smallest absolute Gasteiger partial charge is 0.407 e. The summed E-state index contributed by atoms with van der Waals surface area (Å²) >= 11 is 0. The third-order valence-corrected chi connectivity index (χ3v) is 10.4. The number of rotatable bonds is 3. The van der Waals surface area contributed by atoms with Gasteiger partial charge in [0.25, 0.3) is 0 Å². The van der Waals surface area contributed by atoms with Gasteiger partial charge in [-0.1, -0.05) is 24.3 Å². The fourth-order valence-electron chi connectivity index (χ4n) is 8.32. The number of alkyl carbamates (subject to hydrolysis) is 1. The summed E-state index contributed by atoms with van der Waals surface area (Å²) in [6.07, 6.45) is 1.31. The maximum absolute atomic E-state index is 16.9. The zero-order valence-corrected chi connectivity index (χ0v) is 26.6. The summed E-state index contributed by atoms with van der Waals surface area (Å²) < 4.78 is 73.7. The molecule has 4 aromatic rings. The highest BCUT2D eigenvalue weighted by molar-refractivity contribution is 6.01. The predicted octanol–water partition coefficient (Wildman–Crippen LogP) is 6.30. The molecule has 7 heterocycles. The molecule has 3 saturated heterocycles. The Morgan fingerprint density at radius 2 is 1.94 bits per heavy atom. The van der Waals surface area contributed by atoms with Crippen LogP contribution in [0, 0.1) is 11.6 Å². The number of nitrogens with one attached hydrogen (secondary N) is 1. The summed E-state index contributed by atoms with van der Waals surface area (Å²) in [5.74, 6) is -1.02. The Labute approximate surface area is 276 Å². The first-order valence-corrected chi connectivity index (χ1v) is 16.5. The second-order valence-electron chi connectivity index (χ2n) is 13.9. The molecule has 2 aromatic heterocycles. The van der Waals surface area contributed by atoms with Crippen molar-refractivity contribution in [1.29, 1.82) is 0 Å². The van der Waals surface area contributed by atoms with Crippen molar-refractivity contribution in [3.63, 3.8) is 0 Å². The third-order valence-electron chi connectivity index (χ3n) is 10.4. The van der Waals surface area contributed by atoms with Crippen molar-refractivity contribution in [3.05, 3.63) is 53.7 Å². The molecule has 0 spiro atoms. The van der Waals surface area contributed by atoms with Crippen molar-refractivity contribution >= 4 is 33.6 Å². The van der Waals surface area contributed by atoms with Gasteiger partial charge in [0, 0.05) is 44.5 Å². The number of alkyl halides is 2. The SMILES string of the molecule is C[C@@]12C[C@@H](F)CN(C1)c1nc(OC[C@@]34CCCN3C[C@H](F)C4)nc3c(F)c(ncc13)-c1cccc3c(F)ccc(c13)CCCOC(=O)N2.[HH]. The number of anilines is 1. The maximum Gasteiger partial charge on any atom is 0.407 e. The molecule has 254 valence electrons. The summed E-state index contributed by atoms with van der Waals surface area (Å²) in [7, 11) is 0. The molecule has 0 unspecified atom stereocenters. The third kappa shape index (κ3) is 5.36. The van der Waals surface area contributed by atoms with Crippen molar-refractivity contribution in [1.82, 2.24) is 25.2 Å². The van der Waals surface area contributed by atoms with Crippen LogP contribution in [0.2, 0.25) is 0 Å². The van der Waals surface area contributed by atoms with E-state index in [1.165, 1.54) is 12.3 Å². The first-order chi connectivity index (χ1) is 23.1. The van der Waals surface area contributed by atoms with Crippen molar-refractivity contribution in [2.24, 2.45) is 0 Å². The van der Waals surface area contributed by atoms with Crippen molar-refractivity contribution in [2.45, 2.75) is 68.9 Å². The molecule has 4 atom stereocenters. The molecule has 1 amide bonds. The quantitative estimate of drug-likeness (QED) is 0.255. The van der Waals surface area contributed by atoms with E-state index in [0.29, 0.717) is 42.1 Å². The van der Waals surface area contributed by atoms with Gasteiger partial charge in [-0.05, 0) is 56.2 Å². The van der Waals surface area contributed by atoms with Crippen LogP contribution in [0.1, 0.15) is 46.0 Å². The number of carbonyl (C=O) groups is 1. The minimum atomic E-state index is -1.36. The number of fused-ring (bicyclic) bond motifs is 7. The van der Waals surface area contributed by atoms with Crippen LogP contribution in [-0.2, 0) is 11.2 Å². The van der Waals surface area contributed by atoms with Crippen LogP contribution >= 0.6 is 0 Å². The van der Waals surface area contributed by atoms with Crippen LogP contribution in [0.4, 0.5) is 28.2 Å². The van der Waals surface area contributed by atoms with Crippen LogP contribution in [-0.4, -0.2) is 88.8 Å². The van der Waals surface area contributed by atoms with Gasteiger partial charge in [-0.15, -0.1) is 0 Å². The molecule has 2 aromatic carbocycles. The number of ether oxygens (including phenoxy) is 2. The molecule has 3 fully saturated rings. The minimum absolute atomic E-state index is 0. The van der Waals surface area contributed by atoms with E-state index in [0.717, 1.165) is 24.9 Å². The molecule has 1 N–H and O–H groups in total. The van der Waals surface area contributed by atoms with Crippen molar-refractivity contribution in [2.75, 3.05) is 44.3 Å². The predicted molar refractivity (Wildman–Crippen MR) is 174 cm³/mol. The van der Waals surface area contributed by atoms with E-state index in [1.807, 2.05) is 0 Å². The topological polar surface area (TPSA) is 92.7 Å². The summed E-state index contributed by atoms with van der Waals surface area (Å²) in [5, 5.41) is 3.87. The fourth-order valence-corrected chi connectivity index (χ4v) is 8.32. The van der Waals surface area contributed by atoms with Gasteiger partial charge >= 0.3 is 12.1 Å². The van der Waals surface area contributed by atoms with Gasteiger partial charge in [0.05, 0.1) is 29.6 Å². The Morgan fingerprint density at radius 3 is 2.81 bits per heavy atom. The Morgan fingerprint density at radius 1 is 1.08 bits per heavy atom. The first kappa shape index (κ1) is 31.0. The van der Waals surface area contributed by atoms with E-state index in [2.05, 4.69) is 25.2 Å². The van der Waals surface area contributed by atoms with E-state index in [-0.39, 0.29) is 62.6 Å². The number of hydrogen-bond donors (Lipinski definition) is 1. The van der Waals surface area contributed by atoms with Gasteiger partial charge in [0.2, 0.25) is 0 Å². The van der Waals surface area contributed by atoms with E-state index < -0.39 is 41.1 Å². The summed E-state index contributed by atoms with van der Waals surface area (Å²) in [5.41, 5.74) is -0.562. The van der Waals surface area contributed by atoms with Gasteiger partial charge in [-0.25, -0.2) is 22.4 Å². The Bertz CT molecular complexity index is 1940. The highest BCUT2D eigenvalue weighted by Crippen LogP contribution is 2.42. The number of piperidine rings is 1. The zero-order valence-electron chi connectivity index (χ0n) is 26.6. The molecule has 0 saturated carbocycles. The van der Waals surface area contributed by atoms with Crippen LogP contribution in [0.25, 0.3) is 32.9 Å². The van der Waals surface area contributed by atoms with E-state index in [1.54, 1.807) is 36.1 Å². The Balaban J connectivity index is 0.00000378. The molecule has 9 rings (SSSR count). The van der Waals surface area contributed by atoms with Crippen LogP contribution < -0.4 is 15.0 Å². The molecule has 48 heavy (non-hydrogen) atoms. The highest BCUT2D eigenvalue weighted by Gasteiger charge is 2.49. The van der Waals surface area contributed by atoms with Crippen LogP contribution in [0.3, 0.4) is 0 Å². The average Bonchev–Trinajstić information content (AvgIpc) is 3.57. The normalized spacial score (nSPS) is 27.7. The number of benzene rings is 2. The number of aryl methyl sites for hydroxylation is 1. The van der Waals surface area contributed by atoms with Gasteiger partial charge in [-0.3, -0.25) is 9.88 Å². The number of hydrogen-bond acceptors (Lipinski definition) is 8. The lowest BCUT2D eigenvalue weighted by Gasteiger charge is -2.42. The van der Waals surface area contributed by atoms with Gasteiger partial charge in [0.1, 0.15) is 41.8 Å². The number of aromatic nitrogens is 3. The number of amides is 1. The zero-order chi connectivity index (χ0) is 33.2. The maximum atomic E-state index is 16.9. The Kier molecular flexibility index (Phi) is 7.57. The highest BCUT2D eigenvalue weighted by atomic mass is 19.1. The lowest BCUT2D eigenvalue weighted by atomic mass is 9.90. The molecule has 0 aliphatic carbocycles. The summed E-state index contributed by atoms with van der Waals surface area (Å²) in [4.78, 5) is 30.4. The second kappa shape index (κ2) is 11.7. The lowest BCUT2D eigenvalue weighted by molar-refractivity contribution is 0.107. The largest absolute Gasteiger partial charge is 0.461 e. The lowest BCUT2D eigenvalue weighted by Crippen LogP contribution is -2.60. The van der Waals surface area contributed by atoms with Crippen LogP contribution in [0.5, 0.6) is 6.01 Å². The van der Waals surface area contributed by atoms with E-state index >= 15 is 13.2 Å². The molecule has 6 bridgehead atoms. The van der Waals surface area contributed by atoms with E-state index in [9.17, 15) is 9.18 Å². The summed E-state index contributed by atoms with van der Waals surface area (Å²) in [6, 6.07) is 7.85. The molecule has 0 radical (unpaired) electrons. The standard InChI is InChI=1S/C35H36F4N6O3.H2/c1-34-13-21(36)16-44(18-34)31-25-15-40-29(24-7-2-6-23-26(38)9-8-20(27(23)24)5-3-12-47-33(46)43-34)28(39)30(25)41-32(42-31)48-19-35-10-4-11-45(35)17-22(37)14-35;/h2,6-9,15,21-22H,3-5,10-14,16-19H2,1H3,(H,43,46);1H/t21-,22-,34-,35+;/m1./s1. The molecule has 13 heteroatoms. The monoisotopic (exact) mass is 666 g/mol.